The number of nitrogens with one attached hydrogen (secondary N) is 1. The Balaban J connectivity index is 1.87. The van der Waals surface area contributed by atoms with Crippen LogP contribution in [0.3, 0.4) is 0 Å². The first-order valence-electron chi connectivity index (χ1n) is 5.76. The molecule has 0 radical (unpaired) electrons. The number of aromatic hydroxyl groups is 1. The van der Waals surface area contributed by atoms with Crippen LogP contribution in [-0.4, -0.2) is 35.8 Å². The number of amides is 1. The molecular formula is C12H16N2O3. The van der Waals surface area contributed by atoms with Crippen molar-refractivity contribution in [3.8, 4) is 5.75 Å². The molecule has 1 aromatic rings. The van der Waals surface area contributed by atoms with Crippen molar-refractivity contribution in [2.45, 2.75) is 12.8 Å². The fourth-order valence-corrected chi connectivity index (χ4v) is 1.86. The summed E-state index contributed by atoms with van der Waals surface area (Å²) in [6.07, 6.45) is 4.71. The van der Waals surface area contributed by atoms with E-state index in [1.165, 1.54) is 18.5 Å². The highest BCUT2D eigenvalue weighted by Crippen LogP contribution is 2.15. The van der Waals surface area contributed by atoms with Gasteiger partial charge in [0.25, 0.3) is 5.91 Å². The molecule has 1 aliphatic heterocycles. The number of ether oxygens (including phenoxy) is 1. The summed E-state index contributed by atoms with van der Waals surface area (Å²) < 4.78 is 5.25. The molecule has 17 heavy (non-hydrogen) atoms. The van der Waals surface area contributed by atoms with E-state index in [9.17, 15) is 9.90 Å². The Labute approximate surface area is 99.8 Å². The largest absolute Gasteiger partial charge is 0.505 e. The van der Waals surface area contributed by atoms with Crippen LogP contribution in [-0.2, 0) is 4.74 Å². The lowest BCUT2D eigenvalue weighted by Crippen LogP contribution is -2.32. The predicted octanol–water partition coefficient (Wildman–Crippen LogP) is 0.944. The van der Waals surface area contributed by atoms with Gasteiger partial charge in [-0.15, -0.1) is 0 Å². The zero-order valence-electron chi connectivity index (χ0n) is 9.56. The summed E-state index contributed by atoms with van der Waals surface area (Å²) in [5, 5.41) is 12.3. The molecule has 0 spiro atoms. The van der Waals surface area contributed by atoms with Gasteiger partial charge >= 0.3 is 0 Å². The highest BCUT2D eigenvalue weighted by Gasteiger charge is 2.16. The molecule has 1 aliphatic rings. The second kappa shape index (κ2) is 5.63. The van der Waals surface area contributed by atoms with E-state index in [0.717, 1.165) is 26.1 Å². The van der Waals surface area contributed by atoms with E-state index in [1.54, 1.807) is 0 Å². The van der Waals surface area contributed by atoms with Crippen molar-refractivity contribution >= 4 is 5.91 Å². The minimum atomic E-state index is -0.253. The van der Waals surface area contributed by atoms with Crippen LogP contribution in [0.15, 0.2) is 18.5 Å². The van der Waals surface area contributed by atoms with Crippen molar-refractivity contribution in [3.63, 3.8) is 0 Å². The first-order chi connectivity index (χ1) is 8.27. The van der Waals surface area contributed by atoms with Gasteiger partial charge in [-0.05, 0) is 24.8 Å². The maximum absolute atomic E-state index is 11.8. The van der Waals surface area contributed by atoms with Gasteiger partial charge in [-0.2, -0.15) is 0 Å². The molecule has 1 fully saturated rings. The molecule has 2 heterocycles. The third kappa shape index (κ3) is 3.17. The van der Waals surface area contributed by atoms with E-state index in [2.05, 4.69) is 10.3 Å². The zero-order chi connectivity index (χ0) is 12.1. The van der Waals surface area contributed by atoms with Crippen molar-refractivity contribution in [1.29, 1.82) is 0 Å². The summed E-state index contributed by atoms with van der Waals surface area (Å²) >= 11 is 0. The Bertz CT molecular complexity index is 389. The van der Waals surface area contributed by atoms with E-state index < -0.39 is 0 Å². The number of hydrogen-bond acceptors (Lipinski definition) is 4. The Morgan fingerprint density at radius 1 is 1.53 bits per heavy atom. The van der Waals surface area contributed by atoms with E-state index in [1.807, 2.05) is 0 Å². The molecule has 2 N–H and O–H groups in total. The molecule has 0 aromatic carbocycles. The molecule has 2 rings (SSSR count). The molecule has 1 amide bonds. The SMILES string of the molecule is O=C(NCC1CCOCC1)c1ccncc1O. The Hall–Kier alpha value is -1.62. The van der Waals surface area contributed by atoms with Gasteiger partial charge in [0.05, 0.1) is 11.8 Å². The van der Waals surface area contributed by atoms with Crippen molar-refractivity contribution in [1.82, 2.24) is 10.3 Å². The summed E-state index contributed by atoms with van der Waals surface area (Å²) in [6.45, 7) is 2.16. The molecular weight excluding hydrogens is 220 g/mol. The molecule has 1 aromatic heterocycles. The van der Waals surface area contributed by atoms with Gasteiger partial charge in [0, 0.05) is 26.0 Å². The first kappa shape index (κ1) is 11.9. The standard InChI is InChI=1S/C12H16N2O3/c15-11-8-13-4-1-10(11)12(16)14-7-9-2-5-17-6-3-9/h1,4,8-9,15H,2-3,5-7H2,(H,14,16). The number of carbonyl (C=O) groups excluding carboxylic acids is 1. The number of nitrogens with zero attached hydrogens (tertiary/aromatic N) is 1. The van der Waals surface area contributed by atoms with E-state index in [0.29, 0.717) is 12.5 Å². The van der Waals surface area contributed by atoms with Crippen molar-refractivity contribution < 1.29 is 14.6 Å². The summed E-state index contributed by atoms with van der Waals surface area (Å²) in [4.78, 5) is 15.5. The number of rotatable bonds is 3. The molecule has 5 nitrogen and oxygen atoms in total. The summed E-state index contributed by atoms with van der Waals surface area (Å²) in [5.41, 5.74) is 0.270. The van der Waals surface area contributed by atoms with E-state index in [4.69, 9.17) is 4.74 Å². The Morgan fingerprint density at radius 2 is 2.29 bits per heavy atom. The van der Waals surface area contributed by atoms with Crippen LogP contribution in [0.5, 0.6) is 5.75 Å². The summed E-state index contributed by atoms with van der Waals surface area (Å²) in [7, 11) is 0. The third-order valence-electron chi connectivity index (χ3n) is 2.94. The molecule has 0 aliphatic carbocycles. The van der Waals surface area contributed by atoms with Crippen LogP contribution < -0.4 is 5.32 Å². The Morgan fingerprint density at radius 3 is 3.00 bits per heavy atom. The zero-order valence-corrected chi connectivity index (χ0v) is 9.56. The van der Waals surface area contributed by atoms with Gasteiger partial charge in [0.2, 0.25) is 0 Å². The number of pyridine rings is 1. The van der Waals surface area contributed by atoms with Gasteiger partial charge in [-0.25, -0.2) is 0 Å². The van der Waals surface area contributed by atoms with Crippen LogP contribution in [0, 0.1) is 5.92 Å². The summed E-state index contributed by atoms with van der Waals surface area (Å²) in [5.74, 6) is 0.130. The van der Waals surface area contributed by atoms with Crippen LogP contribution in [0.25, 0.3) is 0 Å². The van der Waals surface area contributed by atoms with Gasteiger partial charge in [-0.3, -0.25) is 9.78 Å². The lowest BCUT2D eigenvalue weighted by Gasteiger charge is -2.22. The van der Waals surface area contributed by atoms with Crippen LogP contribution in [0.4, 0.5) is 0 Å². The van der Waals surface area contributed by atoms with Crippen LogP contribution in [0.2, 0.25) is 0 Å². The van der Waals surface area contributed by atoms with E-state index in [-0.39, 0.29) is 17.2 Å². The summed E-state index contributed by atoms with van der Waals surface area (Å²) in [6, 6.07) is 1.51. The van der Waals surface area contributed by atoms with Crippen molar-refractivity contribution in [2.24, 2.45) is 5.92 Å². The molecule has 0 unspecified atom stereocenters. The van der Waals surface area contributed by atoms with E-state index >= 15 is 0 Å². The second-order valence-electron chi connectivity index (χ2n) is 4.16. The fourth-order valence-electron chi connectivity index (χ4n) is 1.86. The maximum Gasteiger partial charge on any atom is 0.255 e. The smallest absolute Gasteiger partial charge is 0.255 e. The van der Waals surface area contributed by atoms with Gasteiger partial charge in [0.1, 0.15) is 5.75 Å². The minimum Gasteiger partial charge on any atom is -0.505 e. The van der Waals surface area contributed by atoms with Crippen molar-refractivity contribution in [3.05, 3.63) is 24.0 Å². The predicted molar refractivity (Wildman–Crippen MR) is 61.8 cm³/mol. The Kier molecular flexibility index (Phi) is 3.93. The molecule has 1 saturated heterocycles. The highest BCUT2D eigenvalue weighted by atomic mass is 16.5. The number of aromatic nitrogens is 1. The molecule has 5 heteroatoms. The van der Waals surface area contributed by atoms with Crippen molar-refractivity contribution in [2.75, 3.05) is 19.8 Å². The molecule has 0 saturated carbocycles. The normalized spacial score (nSPS) is 16.7. The average molecular weight is 236 g/mol. The minimum absolute atomic E-state index is 0.0861. The fraction of sp³-hybridized carbons (Fsp3) is 0.500. The maximum atomic E-state index is 11.8. The van der Waals surface area contributed by atoms with Crippen LogP contribution in [0.1, 0.15) is 23.2 Å². The monoisotopic (exact) mass is 236 g/mol. The van der Waals surface area contributed by atoms with Gasteiger partial charge < -0.3 is 15.2 Å². The highest BCUT2D eigenvalue weighted by molar-refractivity contribution is 5.96. The topological polar surface area (TPSA) is 71.5 Å². The number of carbonyl (C=O) groups is 1. The lowest BCUT2D eigenvalue weighted by atomic mass is 10.0. The van der Waals surface area contributed by atoms with Gasteiger partial charge in [-0.1, -0.05) is 0 Å². The number of hydrogen-bond donors (Lipinski definition) is 2. The molecule has 0 atom stereocenters. The third-order valence-corrected chi connectivity index (χ3v) is 2.94. The first-order valence-corrected chi connectivity index (χ1v) is 5.76. The lowest BCUT2D eigenvalue weighted by molar-refractivity contribution is 0.0642. The van der Waals surface area contributed by atoms with Crippen LogP contribution >= 0.6 is 0 Å². The molecule has 92 valence electrons. The quantitative estimate of drug-likeness (QED) is 0.819. The average Bonchev–Trinajstić information content (AvgIpc) is 2.38. The molecule has 0 bridgehead atoms. The second-order valence-corrected chi connectivity index (χ2v) is 4.16. The van der Waals surface area contributed by atoms with Gasteiger partial charge in [0.15, 0.2) is 0 Å².